The molecule has 3 aliphatic heterocycles. The molecule has 0 unspecified atom stereocenters. The SMILES string of the molecule is O=C(C[C@H]1CCNC[C@@H]1Cc1cc(CN2CCOCC2)on1)N1CCN(c2ccccc2)CC1. The van der Waals surface area contributed by atoms with E-state index in [1.807, 2.05) is 6.07 Å². The molecule has 2 aromatic rings. The van der Waals surface area contributed by atoms with E-state index in [1.54, 1.807) is 0 Å². The molecule has 0 radical (unpaired) electrons. The Hall–Kier alpha value is -2.42. The van der Waals surface area contributed by atoms with E-state index in [-0.39, 0.29) is 0 Å². The lowest BCUT2D eigenvalue weighted by Gasteiger charge is -2.38. The van der Waals surface area contributed by atoms with Gasteiger partial charge in [0.05, 0.1) is 25.5 Å². The minimum Gasteiger partial charge on any atom is -0.379 e. The van der Waals surface area contributed by atoms with Gasteiger partial charge in [-0.2, -0.15) is 0 Å². The van der Waals surface area contributed by atoms with Crippen molar-refractivity contribution in [3.8, 4) is 0 Å². The van der Waals surface area contributed by atoms with Crippen LogP contribution in [-0.4, -0.2) is 86.4 Å². The van der Waals surface area contributed by atoms with E-state index in [9.17, 15) is 4.79 Å². The van der Waals surface area contributed by atoms with Gasteiger partial charge < -0.3 is 24.4 Å². The van der Waals surface area contributed by atoms with E-state index in [1.165, 1.54) is 5.69 Å². The number of ether oxygens (including phenoxy) is 1. The molecule has 0 aliphatic carbocycles. The third-order valence-electron chi connectivity index (χ3n) is 7.52. The number of para-hydroxylation sites is 1. The Labute approximate surface area is 202 Å². The second-order valence-corrected chi connectivity index (χ2v) is 9.80. The van der Waals surface area contributed by atoms with Crippen LogP contribution in [0.2, 0.25) is 0 Å². The highest BCUT2D eigenvalue weighted by atomic mass is 16.5. The van der Waals surface area contributed by atoms with Crippen molar-refractivity contribution in [2.45, 2.75) is 25.8 Å². The van der Waals surface area contributed by atoms with Crippen molar-refractivity contribution in [2.24, 2.45) is 11.8 Å². The van der Waals surface area contributed by atoms with Gasteiger partial charge in [-0.15, -0.1) is 0 Å². The molecule has 0 saturated carbocycles. The van der Waals surface area contributed by atoms with Gasteiger partial charge >= 0.3 is 0 Å². The van der Waals surface area contributed by atoms with E-state index < -0.39 is 0 Å². The fraction of sp³-hybridized carbons (Fsp3) is 0.615. The molecule has 3 saturated heterocycles. The fourth-order valence-corrected chi connectivity index (χ4v) is 5.47. The van der Waals surface area contributed by atoms with Crippen LogP contribution in [0.4, 0.5) is 5.69 Å². The van der Waals surface area contributed by atoms with E-state index >= 15 is 0 Å². The molecule has 1 aromatic carbocycles. The first-order chi connectivity index (χ1) is 16.7. The lowest BCUT2D eigenvalue weighted by Crippen LogP contribution is -2.50. The molecule has 8 heteroatoms. The summed E-state index contributed by atoms with van der Waals surface area (Å²) in [6.07, 6.45) is 2.54. The molecule has 1 aromatic heterocycles. The Balaban J connectivity index is 1.12. The number of morpholine rings is 1. The topological polar surface area (TPSA) is 74.1 Å². The quantitative estimate of drug-likeness (QED) is 0.668. The molecule has 3 fully saturated rings. The van der Waals surface area contributed by atoms with Crippen LogP contribution in [0.25, 0.3) is 0 Å². The van der Waals surface area contributed by atoms with Crippen LogP contribution in [-0.2, 0) is 22.5 Å². The van der Waals surface area contributed by atoms with Crippen LogP contribution >= 0.6 is 0 Å². The highest BCUT2D eigenvalue weighted by Crippen LogP contribution is 2.27. The minimum absolute atomic E-state index is 0.303. The fourth-order valence-electron chi connectivity index (χ4n) is 5.47. The molecule has 34 heavy (non-hydrogen) atoms. The van der Waals surface area contributed by atoms with Crippen molar-refractivity contribution >= 4 is 11.6 Å². The van der Waals surface area contributed by atoms with Gasteiger partial charge in [0.25, 0.3) is 0 Å². The number of nitrogens with zero attached hydrogens (tertiary/aromatic N) is 4. The number of hydrogen-bond donors (Lipinski definition) is 1. The lowest BCUT2D eigenvalue weighted by molar-refractivity contribution is -0.133. The summed E-state index contributed by atoms with van der Waals surface area (Å²) in [6.45, 7) is 9.55. The number of carbonyl (C=O) groups excluding carboxylic acids is 1. The zero-order chi connectivity index (χ0) is 23.2. The molecule has 0 spiro atoms. The highest BCUT2D eigenvalue weighted by Gasteiger charge is 2.31. The molecule has 4 heterocycles. The molecular formula is C26H37N5O3. The monoisotopic (exact) mass is 467 g/mol. The standard InChI is InChI=1S/C26H37N5O3/c32-26(31-10-8-30(9-11-31)24-4-2-1-3-5-24)17-21-6-7-27-19-22(21)16-23-18-25(34-28-23)20-29-12-14-33-15-13-29/h1-5,18,21-22,27H,6-17,19-20H2/t21-,22+/m1/s1. The van der Waals surface area contributed by atoms with Crippen LogP contribution in [0.1, 0.15) is 24.3 Å². The first-order valence-electron chi connectivity index (χ1n) is 12.8. The molecule has 2 atom stereocenters. The summed E-state index contributed by atoms with van der Waals surface area (Å²) in [5.41, 5.74) is 2.25. The Kier molecular flexibility index (Phi) is 7.78. The number of aromatic nitrogens is 1. The molecule has 1 amide bonds. The van der Waals surface area contributed by atoms with Crippen molar-refractivity contribution < 1.29 is 14.1 Å². The number of anilines is 1. The predicted octanol–water partition coefficient (Wildman–Crippen LogP) is 2.01. The number of rotatable bonds is 7. The number of piperazine rings is 1. The van der Waals surface area contributed by atoms with Crippen LogP contribution in [0.3, 0.4) is 0 Å². The van der Waals surface area contributed by atoms with Crippen LogP contribution < -0.4 is 10.2 Å². The van der Waals surface area contributed by atoms with E-state index in [0.29, 0.717) is 24.2 Å². The highest BCUT2D eigenvalue weighted by molar-refractivity contribution is 5.77. The van der Waals surface area contributed by atoms with Gasteiger partial charge in [0.1, 0.15) is 0 Å². The molecule has 8 nitrogen and oxygen atoms in total. The zero-order valence-corrected chi connectivity index (χ0v) is 20.0. The average Bonchev–Trinajstić information content (AvgIpc) is 3.33. The number of benzene rings is 1. The second-order valence-electron chi connectivity index (χ2n) is 9.80. The largest absolute Gasteiger partial charge is 0.379 e. The van der Waals surface area contributed by atoms with E-state index in [4.69, 9.17) is 9.26 Å². The second kappa shape index (κ2) is 11.3. The number of nitrogens with one attached hydrogen (secondary N) is 1. The third-order valence-corrected chi connectivity index (χ3v) is 7.52. The van der Waals surface area contributed by atoms with Crippen molar-refractivity contribution in [3.63, 3.8) is 0 Å². The van der Waals surface area contributed by atoms with E-state index in [2.05, 4.69) is 55.5 Å². The summed E-state index contributed by atoms with van der Waals surface area (Å²) in [5.74, 6) is 2.02. The molecular weight excluding hydrogens is 430 g/mol. The Morgan fingerprint density at radius 2 is 1.82 bits per heavy atom. The summed E-state index contributed by atoms with van der Waals surface area (Å²) < 4.78 is 11.1. The summed E-state index contributed by atoms with van der Waals surface area (Å²) in [6, 6.07) is 12.6. The minimum atomic E-state index is 0.303. The first kappa shape index (κ1) is 23.3. The first-order valence-corrected chi connectivity index (χ1v) is 12.8. The maximum absolute atomic E-state index is 13.2. The Morgan fingerprint density at radius 3 is 2.62 bits per heavy atom. The van der Waals surface area contributed by atoms with Crippen molar-refractivity contribution in [2.75, 3.05) is 70.5 Å². The van der Waals surface area contributed by atoms with Crippen LogP contribution in [0.15, 0.2) is 40.9 Å². The van der Waals surface area contributed by atoms with Gasteiger partial charge in [-0.3, -0.25) is 9.69 Å². The lowest BCUT2D eigenvalue weighted by atomic mass is 9.81. The molecule has 1 N–H and O–H groups in total. The van der Waals surface area contributed by atoms with Gasteiger partial charge in [0, 0.05) is 57.4 Å². The van der Waals surface area contributed by atoms with Crippen molar-refractivity contribution in [3.05, 3.63) is 47.9 Å². The van der Waals surface area contributed by atoms with Crippen LogP contribution in [0, 0.1) is 11.8 Å². The zero-order valence-electron chi connectivity index (χ0n) is 20.0. The number of amides is 1. The maximum atomic E-state index is 13.2. The molecule has 0 bridgehead atoms. The number of piperidine rings is 1. The van der Waals surface area contributed by atoms with Gasteiger partial charge in [-0.05, 0) is 49.9 Å². The molecule has 184 valence electrons. The Bertz CT molecular complexity index is 906. The Morgan fingerprint density at radius 1 is 1.03 bits per heavy atom. The summed E-state index contributed by atoms with van der Waals surface area (Å²) in [5, 5.41) is 7.88. The van der Waals surface area contributed by atoms with Crippen molar-refractivity contribution in [1.82, 2.24) is 20.3 Å². The maximum Gasteiger partial charge on any atom is 0.222 e. The number of hydrogen-bond acceptors (Lipinski definition) is 7. The van der Waals surface area contributed by atoms with Crippen LogP contribution in [0.5, 0.6) is 0 Å². The normalized spacial score (nSPS) is 24.4. The third kappa shape index (κ3) is 5.98. The van der Waals surface area contributed by atoms with Crippen molar-refractivity contribution in [1.29, 1.82) is 0 Å². The molecule has 3 aliphatic rings. The summed E-state index contributed by atoms with van der Waals surface area (Å²) >= 11 is 0. The number of carbonyl (C=O) groups is 1. The van der Waals surface area contributed by atoms with Gasteiger partial charge in [0.15, 0.2) is 5.76 Å². The molecule has 5 rings (SSSR count). The average molecular weight is 468 g/mol. The predicted molar refractivity (Wildman–Crippen MR) is 131 cm³/mol. The van der Waals surface area contributed by atoms with Gasteiger partial charge in [-0.1, -0.05) is 23.4 Å². The van der Waals surface area contributed by atoms with Gasteiger partial charge in [-0.25, -0.2) is 0 Å². The van der Waals surface area contributed by atoms with Gasteiger partial charge in [0.2, 0.25) is 5.91 Å². The van der Waals surface area contributed by atoms with E-state index in [0.717, 1.165) is 96.4 Å². The smallest absolute Gasteiger partial charge is 0.222 e. The summed E-state index contributed by atoms with van der Waals surface area (Å²) in [4.78, 5) is 19.9. The summed E-state index contributed by atoms with van der Waals surface area (Å²) in [7, 11) is 0.